The molecule has 1 saturated heterocycles. The second-order valence-electron chi connectivity index (χ2n) is 7.46. The molecule has 0 atom stereocenters. The molecule has 2 heterocycles. The van der Waals surface area contributed by atoms with Gasteiger partial charge in [0.25, 0.3) is 0 Å². The van der Waals surface area contributed by atoms with Gasteiger partial charge in [0.05, 0.1) is 7.11 Å². The highest BCUT2D eigenvalue weighted by atomic mass is 16.5. The van der Waals surface area contributed by atoms with Crippen LogP contribution >= 0.6 is 0 Å². The van der Waals surface area contributed by atoms with E-state index in [9.17, 15) is 0 Å². The zero-order valence-corrected chi connectivity index (χ0v) is 16.9. The summed E-state index contributed by atoms with van der Waals surface area (Å²) < 4.78 is 5.18. The van der Waals surface area contributed by atoms with Crippen molar-refractivity contribution in [2.24, 2.45) is 5.92 Å². The molecular weight excluding hydrogens is 362 g/mol. The molecule has 1 aliphatic rings. The van der Waals surface area contributed by atoms with Crippen LogP contribution in [0.15, 0.2) is 60.8 Å². The van der Waals surface area contributed by atoms with Crippen LogP contribution in [0, 0.1) is 5.92 Å². The first-order chi connectivity index (χ1) is 14.2. The molecule has 4 rings (SSSR count). The van der Waals surface area contributed by atoms with Gasteiger partial charge in [-0.15, -0.1) is 0 Å². The number of piperidine rings is 1. The van der Waals surface area contributed by atoms with Crippen LogP contribution in [0.5, 0.6) is 5.75 Å². The first-order valence-electron chi connectivity index (χ1n) is 10.1. The Labute approximate surface area is 172 Å². The largest absolute Gasteiger partial charge is 0.497 e. The third-order valence-corrected chi connectivity index (χ3v) is 5.29. The zero-order chi connectivity index (χ0) is 20.1. The molecule has 0 amide bonds. The van der Waals surface area contributed by atoms with E-state index in [0.717, 1.165) is 41.9 Å². The smallest absolute Gasteiger partial charge is 0.229 e. The van der Waals surface area contributed by atoms with Crippen molar-refractivity contribution in [1.82, 2.24) is 9.97 Å². The number of hydrogen-bond acceptors (Lipinski definition) is 6. The Bertz CT molecular complexity index is 919. The first kappa shape index (κ1) is 19.1. The SMILES string of the molecule is COc1ccc(Nc2nccc(Nc3ccc(N4CCC(C)CC4)cc3)n2)cc1. The summed E-state index contributed by atoms with van der Waals surface area (Å²) >= 11 is 0. The number of nitrogens with one attached hydrogen (secondary N) is 2. The van der Waals surface area contributed by atoms with Crippen molar-refractivity contribution in [2.75, 3.05) is 35.7 Å². The van der Waals surface area contributed by atoms with Crippen molar-refractivity contribution in [3.05, 3.63) is 60.8 Å². The van der Waals surface area contributed by atoms with Crippen LogP contribution in [0.2, 0.25) is 0 Å². The maximum atomic E-state index is 5.18. The van der Waals surface area contributed by atoms with Gasteiger partial charge in [-0.3, -0.25) is 0 Å². The molecule has 0 saturated carbocycles. The van der Waals surface area contributed by atoms with Crippen molar-refractivity contribution in [3.8, 4) is 5.75 Å². The second kappa shape index (κ2) is 8.82. The van der Waals surface area contributed by atoms with E-state index in [1.54, 1.807) is 13.3 Å². The highest BCUT2D eigenvalue weighted by Gasteiger charge is 2.15. The van der Waals surface area contributed by atoms with E-state index in [2.05, 4.69) is 56.7 Å². The average Bonchev–Trinajstić information content (AvgIpc) is 2.76. The second-order valence-corrected chi connectivity index (χ2v) is 7.46. The van der Waals surface area contributed by atoms with Crippen molar-refractivity contribution in [3.63, 3.8) is 0 Å². The predicted molar refractivity (Wildman–Crippen MR) is 119 cm³/mol. The summed E-state index contributed by atoms with van der Waals surface area (Å²) in [6, 6.07) is 18.1. The molecule has 1 aromatic heterocycles. The van der Waals surface area contributed by atoms with Crippen LogP contribution in [-0.4, -0.2) is 30.2 Å². The van der Waals surface area contributed by atoms with Gasteiger partial charge in [-0.1, -0.05) is 6.92 Å². The number of aromatic nitrogens is 2. The fourth-order valence-electron chi connectivity index (χ4n) is 3.46. The fraction of sp³-hybridized carbons (Fsp3) is 0.304. The molecule has 0 bridgehead atoms. The molecule has 29 heavy (non-hydrogen) atoms. The van der Waals surface area contributed by atoms with Gasteiger partial charge in [0, 0.05) is 36.3 Å². The third-order valence-electron chi connectivity index (χ3n) is 5.29. The van der Waals surface area contributed by atoms with Gasteiger partial charge >= 0.3 is 0 Å². The molecule has 3 aromatic rings. The number of ether oxygens (including phenoxy) is 1. The van der Waals surface area contributed by atoms with E-state index in [-0.39, 0.29) is 0 Å². The lowest BCUT2D eigenvalue weighted by Gasteiger charge is -2.32. The predicted octanol–water partition coefficient (Wildman–Crippen LogP) is 5.21. The minimum absolute atomic E-state index is 0.541. The molecular formula is C23H27N5O. The van der Waals surface area contributed by atoms with Crippen molar-refractivity contribution < 1.29 is 4.74 Å². The summed E-state index contributed by atoms with van der Waals surface area (Å²) in [5.74, 6) is 2.94. The quantitative estimate of drug-likeness (QED) is 0.603. The highest BCUT2D eigenvalue weighted by molar-refractivity contribution is 5.62. The summed E-state index contributed by atoms with van der Waals surface area (Å²) in [5, 5.41) is 6.57. The summed E-state index contributed by atoms with van der Waals surface area (Å²) in [5.41, 5.74) is 3.20. The van der Waals surface area contributed by atoms with E-state index in [1.807, 2.05) is 30.3 Å². The summed E-state index contributed by atoms with van der Waals surface area (Å²) in [7, 11) is 1.65. The van der Waals surface area contributed by atoms with Crippen molar-refractivity contribution >= 4 is 28.8 Å². The number of hydrogen-bond donors (Lipinski definition) is 2. The van der Waals surface area contributed by atoms with Crippen molar-refractivity contribution in [1.29, 1.82) is 0 Å². The Hall–Kier alpha value is -3.28. The highest BCUT2D eigenvalue weighted by Crippen LogP contribution is 2.25. The minimum atomic E-state index is 0.541. The van der Waals surface area contributed by atoms with Crippen LogP contribution < -0.4 is 20.3 Å². The molecule has 1 fully saturated rings. The topological polar surface area (TPSA) is 62.3 Å². The third kappa shape index (κ3) is 4.96. The van der Waals surface area contributed by atoms with Crippen LogP contribution in [0.4, 0.5) is 28.8 Å². The van der Waals surface area contributed by atoms with Gasteiger partial charge in [0.1, 0.15) is 11.6 Å². The van der Waals surface area contributed by atoms with E-state index < -0.39 is 0 Å². The summed E-state index contributed by atoms with van der Waals surface area (Å²) in [6.07, 6.45) is 4.28. The lowest BCUT2D eigenvalue weighted by molar-refractivity contribution is 0.415. The maximum absolute atomic E-state index is 5.18. The molecule has 2 aromatic carbocycles. The van der Waals surface area contributed by atoms with E-state index in [0.29, 0.717) is 5.95 Å². The number of benzene rings is 2. The number of methoxy groups -OCH3 is 1. The first-order valence-corrected chi connectivity index (χ1v) is 10.1. The van der Waals surface area contributed by atoms with Gasteiger partial charge in [0.15, 0.2) is 0 Å². The number of anilines is 5. The Kier molecular flexibility index (Phi) is 5.79. The van der Waals surface area contributed by atoms with Gasteiger partial charge < -0.3 is 20.3 Å². The standard InChI is InChI=1S/C23H27N5O/c1-17-12-15-28(16-13-17)20-7-3-18(4-8-20)25-22-11-14-24-23(27-22)26-19-5-9-21(29-2)10-6-19/h3-11,14,17H,12-13,15-16H2,1-2H3,(H2,24,25,26,27). The van der Waals surface area contributed by atoms with E-state index in [4.69, 9.17) is 4.74 Å². The monoisotopic (exact) mass is 389 g/mol. The fourth-order valence-corrected chi connectivity index (χ4v) is 3.46. The Balaban J connectivity index is 1.39. The average molecular weight is 390 g/mol. The molecule has 6 heteroatoms. The normalized spacial score (nSPS) is 14.5. The molecule has 1 aliphatic heterocycles. The molecule has 0 radical (unpaired) electrons. The lowest BCUT2D eigenvalue weighted by Crippen LogP contribution is -2.32. The summed E-state index contributed by atoms with van der Waals surface area (Å²) in [6.45, 7) is 4.62. The maximum Gasteiger partial charge on any atom is 0.229 e. The van der Waals surface area contributed by atoms with Gasteiger partial charge in [-0.25, -0.2) is 4.98 Å². The molecule has 0 spiro atoms. The molecule has 2 N–H and O–H groups in total. The Morgan fingerprint density at radius 3 is 2.24 bits per heavy atom. The number of rotatable bonds is 6. The van der Waals surface area contributed by atoms with Gasteiger partial charge in [-0.05, 0) is 73.4 Å². The van der Waals surface area contributed by atoms with Crippen LogP contribution in [-0.2, 0) is 0 Å². The van der Waals surface area contributed by atoms with Gasteiger partial charge in [0.2, 0.25) is 5.95 Å². The molecule has 0 aliphatic carbocycles. The Morgan fingerprint density at radius 1 is 0.897 bits per heavy atom. The Morgan fingerprint density at radius 2 is 1.55 bits per heavy atom. The lowest BCUT2D eigenvalue weighted by atomic mass is 9.99. The van der Waals surface area contributed by atoms with Crippen molar-refractivity contribution in [2.45, 2.75) is 19.8 Å². The molecule has 0 unspecified atom stereocenters. The number of nitrogens with zero attached hydrogens (tertiary/aromatic N) is 3. The summed E-state index contributed by atoms with van der Waals surface area (Å²) in [4.78, 5) is 11.3. The molecule has 6 nitrogen and oxygen atoms in total. The van der Waals surface area contributed by atoms with E-state index >= 15 is 0 Å². The zero-order valence-electron chi connectivity index (χ0n) is 16.9. The van der Waals surface area contributed by atoms with Gasteiger partial charge in [-0.2, -0.15) is 4.98 Å². The van der Waals surface area contributed by atoms with E-state index in [1.165, 1.54) is 18.5 Å². The van der Waals surface area contributed by atoms with Crippen LogP contribution in [0.1, 0.15) is 19.8 Å². The minimum Gasteiger partial charge on any atom is -0.497 e. The van der Waals surface area contributed by atoms with Crippen LogP contribution in [0.3, 0.4) is 0 Å². The molecule has 150 valence electrons. The van der Waals surface area contributed by atoms with Crippen LogP contribution in [0.25, 0.3) is 0 Å².